The third-order valence-electron chi connectivity index (χ3n) is 3.82. The van der Waals surface area contributed by atoms with Crippen molar-refractivity contribution in [1.82, 2.24) is 0 Å². The third kappa shape index (κ3) is 4.20. The monoisotopic (exact) mass is 361 g/mol. The molecule has 0 unspecified atom stereocenters. The molecule has 6 heteroatoms. The number of anilines is 1. The van der Waals surface area contributed by atoms with Gasteiger partial charge in [-0.15, -0.1) is 0 Å². The molecule has 0 amide bonds. The Kier molecular flexibility index (Phi) is 5.52. The van der Waals surface area contributed by atoms with Crippen molar-refractivity contribution in [2.75, 3.05) is 10.8 Å². The first kappa shape index (κ1) is 19.0. The molecule has 0 aliphatic rings. The van der Waals surface area contributed by atoms with Crippen molar-refractivity contribution in [2.24, 2.45) is 5.92 Å². The molecule has 0 saturated carbocycles. The largest absolute Gasteiger partial charge is 0.478 e. The van der Waals surface area contributed by atoms with Gasteiger partial charge in [0.2, 0.25) is 0 Å². The smallest absolute Gasteiger partial charge is 0.335 e. The van der Waals surface area contributed by atoms with E-state index in [2.05, 4.69) is 0 Å². The summed E-state index contributed by atoms with van der Waals surface area (Å²) in [5, 5.41) is 9.14. The van der Waals surface area contributed by atoms with Gasteiger partial charge in [-0.05, 0) is 49.6 Å². The highest BCUT2D eigenvalue weighted by atomic mass is 32.2. The van der Waals surface area contributed by atoms with E-state index in [0.29, 0.717) is 12.2 Å². The van der Waals surface area contributed by atoms with Crippen LogP contribution in [0.5, 0.6) is 0 Å². The maximum atomic E-state index is 13.2. The van der Waals surface area contributed by atoms with Crippen LogP contribution in [0.2, 0.25) is 0 Å². The number of carboxylic acids is 1. The Morgan fingerprint density at radius 1 is 1.12 bits per heavy atom. The van der Waals surface area contributed by atoms with Crippen LogP contribution in [0.1, 0.15) is 35.3 Å². The zero-order valence-corrected chi connectivity index (χ0v) is 15.7. The molecule has 134 valence electrons. The Morgan fingerprint density at radius 2 is 1.80 bits per heavy atom. The maximum absolute atomic E-state index is 13.2. The fraction of sp³-hybridized carbons (Fsp3) is 0.316. The molecular formula is C19H23NO4S. The summed E-state index contributed by atoms with van der Waals surface area (Å²) in [5.74, 6) is -1.04. The van der Waals surface area contributed by atoms with Crippen molar-refractivity contribution in [3.63, 3.8) is 0 Å². The van der Waals surface area contributed by atoms with Crippen LogP contribution >= 0.6 is 0 Å². The lowest BCUT2D eigenvalue weighted by Gasteiger charge is -2.28. The topological polar surface area (TPSA) is 74.7 Å². The Bertz CT molecular complexity index is 888. The number of sulfonamides is 1. The predicted molar refractivity (Wildman–Crippen MR) is 98.7 cm³/mol. The van der Waals surface area contributed by atoms with Crippen molar-refractivity contribution >= 4 is 21.7 Å². The van der Waals surface area contributed by atoms with Crippen LogP contribution in [0, 0.1) is 19.8 Å². The van der Waals surface area contributed by atoms with E-state index >= 15 is 0 Å². The number of nitrogens with zero attached hydrogens (tertiary/aromatic N) is 1. The van der Waals surface area contributed by atoms with Gasteiger partial charge in [-0.1, -0.05) is 37.6 Å². The first-order valence-corrected chi connectivity index (χ1v) is 9.50. The molecule has 2 rings (SSSR count). The number of rotatable bonds is 6. The summed E-state index contributed by atoms with van der Waals surface area (Å²) in [6.07, 6.45) is 0. The SMILES string of the molecule is Cc1ccc(N(CC(C)C)S(=O)(=O)c2cccc(C(=O)O)c2)c(C)c1. The summed E-state index contributed by atoms with van der Waals surface area (Å²) < 4.78 is 27.8. The van der Waals surface area contributed by atoms with E-state index in [1.165, 1.54) is 28.6 Å². The highest BCUT2D eigenvalue weighted by Crippen LogP contribution is 2.29. The highest BCUT2D eigenvalue weighted by molar-refractivity contribution is 7.92. The molecule has 0 heterocycles. The molecule has 0 atom stereocenters. The first-order valence-electron chi connectivity index (χ1n) is 8.06. The summed E-state index contributed by atoms with van der Waals surface area (Å²) in [7, 11) is -3.87. The predicted octanol–water partition coefficient (Wildman–Crippen LogP) is 3.85. The van der Waals surface area contributed by atoms with Gasteiger partial charge in [-0.25, -0.2) is 13.2 Å². The number of carbonyl (C=O) groups is 1. The molecule has 0 aliphatic heterocycles. The lowest BCUT2D eigenvalue weighted by atomic mass is 10.1. The molecule has 25 heavy (non-hydrogen) atoms. The Hall–Kier alpha value is -2.34. The molecule has 0 aliphatic carbocycles. The Morgan fingerprint density at radius 3 is 2.36 bits per heavy atom. The van der Waals surface area contributed by atoms with Gasteiger partial charge < -0.3 is 5.11 Å². The zero-order valence-electron chi connectivity index (χ0n) is 14.9. The summed E-state index contributed by atoms with van der Waals surface area (Å²) >= 11 is 0. The molecule has 0 spiro atoms. The standard InChI is InChI=1S/C19H23NO4S/c1-13(2)12-20(18-9-8-14(3)10-15(18)4)25(23,24)17-7-5-6-16(11-17)19(21)22/h5-11,13H,12H2,1-4H3,(H,21,22). The number of hydrogen-bond acceptors (Lipinski definition) is 3. The lowest BCUT2D eigenvalue weighted by molar-refractivity contribution is 0.0696. The fourth-order valence-electron chi connectivity index (χ4n) is 2.66. The second-order valence-corrected chi connectivity index (χ2v) is 8.42. The molecule has 1 N–H and O–H groups in total. The highest BCUT2D eigenvalue weighted by Gasteiger charge is 2.27. The van der Waals surface area contributed by atoms with Crippen LogP contribution in [0.3, 0.4) is 0 Å². The number of carboxylic acid groups (broad SMARTS) is 1. The summed E-state index contributed by atoms with van der Waals surface area (Å²) in [5.41, 5.74) is 2.47. The van der Waals surface area contributed by atoms with Gasteiger partial charge in [0.1, 0.15) is 0 Å². The van der Waals surface area contributed by atoms with Crippen molar-refractivity contribution in [2.45, 2.75) is 32.6 Å². The zero-order chi connectivity index (χ0) is 18.8. The first-order chi connectivity index (χ1) is 11.6. The van der Waals surface area contributed by atoms with Crippen LogP contribution in [0.15, 0.2) is 47.4 Å². The number of aryl methyl sites for hydroxylation is 2. The van der Waals surface area contributed by atoms with Crippen molar-refractivity contribution in [3.8, 4) is 0 Å². The van der Waals surface area contributed by atoms with E-state index in [4.69, 9.17) is 5.11 Å². The van der Waals surface area contributed by atoms with E-state index < -0.39 is 16.0 Å². The minimum absolute atomic E-state index is 0.0203. The van der Waals surface area contributed by atoms with Crippen LogP contribution in [-0.2, 0) is 10.0 Å². The van der Waals surface area contributed by atoms with Gasteiger partial charge in [0, 0.05) is 6.54 Å². The van der Waals surface area contributed by atoms with Crippen molar-refractivity contribution in [1.29, 1.82) is 0 Å². The summed E-state index contributed by atoms with van der Waals surface area (Å²) in [6.45, 7) is 8.02. The second kappa shape index (κ2) is 7.27. The number of hydrogen-bond donors (Lipinski definition) is 1. The van der Waals surface area contributed by atoms with Gasteiger partial charge in [-0.2, -0.15) is 0 Å². The second-order valence-electron chi connectivity index (χ2n) is 6.55. The third-order valence-corrected chi connectivity index (χ3v) is 5.60. The molecular weight excluding hydrogens is 338 g/mol. The average Bonchev–Trinajstić information content (AvgIpc) is 2.53. The Balaban J connectivity index is 2.60. The minimum Gasteiger partial charge on any atom is -0.478 e. The number of aromatic carboxylic acids is 1. The normalized spacial score (nSPS) is 11.6. The van der Waals surface area contributed by atoms with Crippen LogP contribution < -0.4 is 4.31 Å². The molecule has 5 nitrogen and oxygen atoms in total. The quantitative estimate of drug-likeness (QED) is 0.848. The van der Waals surface area contributed by atoms with E-state index in [0.717, 1.165) is 11.1 Å². The molecule has 2 aromatic carbocycles. The summed E-state index contributed by atoms with van der Waals surface area (Å²) in [4.78, 5) is 11.2. The average molecular weight is 361 g/mol. The van der Waals surface area contributed by atoms with Crippen molar-refractivity contribution in [3.05, 3.63) is 59.2 Å². The molecule has 2 aromatic rings. The molecule has 0 fully saturated rings. The van der Waals surface area contributed by atoms with Gasteiger partial charge in [-0.3, -0.25) is 4.31 Å². The van der Waals surface area contributed by atoms with Gasteiger partial charge >= 0.3 is 5.97 Å². The van der Waals surface area contributed by atoms with Gasteiger partial charge in [0.05, 0.1) is 16.1 Å². The molecule has 0 bridgehead atoms. The van der Waals surface area contributed by atoms with Gasteiger partial charge in [0.15, 0.2) is 0 Å². The van der Waals surface area contributed by atoms with Crippen LogP contribution in [0.4, 0.5) is 5.69 Å². The minimum atomic E-state index is -3.87. The fourth-order valence-corrected chi connectivity index (χ4v) is 4.40. The van der Waals surface area contributed by atoms with Gasteiger partial charge in [0.25, 0.3) is 10.0 Å². The van der Waals surface area contributed by atoms with E-state index in [1.807, 2.05) is 39.8 Å². The van der Waals surface area contributed by atoms with Crippen LogP contribution in [-0.4, -0.2) is 26.0 Å². The van der Waals surface area contributed by atoms with Crippen molar-refractivity contribution < 1.29 is 18.3 Å². The van der Waals surface area contributed by atoms with E-state index in [1.54, 1.807) is 6.07 Å². The summed E-state index contributed by atoms with van der Waals surface area (Å²) in [6, 6.07) is 11.1. The van der Waals surface area contributed by atoms with Crippen LogP contribution in [0.25, 0.3) is 0 Å². The van der Waals surface area contributed by atoms with E-state index in [9.17, 15) is 13.2 Å². The lowest BCUT2D eigenvalue weighted by Crippen LogP contribution is -2.35. The molecule has 0 aromatic heterocycles. The molecule has 0 radical (unpaired) electrons. The molecule has 0 saturated heterocycles. The van der Waals surface area contributed by atoms with E-state index in [-0.39, 0.29) is 16.4 Å². The number of benzene rings is 2. The Labute approximate surface area is 149 Å². The maximum Gasteiger partial charge on any atom is 0.335 e.